The van der Waals surface area contributed by atoms with E-state index in [9.17, 15) is 0 Å². The van der Waals surface area contributed by atoms with Crippen molar-refractivity contribution in [1.29, 1.82) is 0 Å². The molecule has 12 heavy (non-hydrogen) atoms. The quantitative estimate of drug-likeness (QED) is 0.727. The molecule has 0 aliphatic carbocycles. The Labute approximate surface area is 77.2 Å². The first-order valence-corrected chi connectivity index (χ1v) is 4.42. The Morgan fingerprint density at radius 1 is 1.58 bits per heavy atom. The molecular weight excluding hydrogens is 174 g/mol. The Kier molecular flexibility index (Phi) is 3.80. The molecule has 0 fully saturated rings. The number of hydrogen-bond donors (Lipinski definition) is 1. The molecule has 1 aromatic rings. The second-order valence-electron chi connectivity index (χ2n) is 2.73. The minimum absolute atomic E-state index is 0.452. The Hall–Kier alpha value is -0.830. The van der Waals surface area contributed by atoms with E-state index in [1.54, 1.807) is 18.6 Å². The minimum Gasteiger partial charge on any atom is -0.368 e. The van der Waals surface area contributed by atoms with Crippen LogP contribution in [0.15, 0.2) is 18.6 Å². The third-order valence-corrected chi connectivity index (χ3v) is 1.99. The average Bonchev–Trinajstić information content (AvgIpc) is 2.16. The van der Waals surface area contributed by atoms with Gasteiger partial charge in [0.25, 0.3) is 0 Å². The molecule has 0 saturated carbocycles. The second kappa shape index (κ2) is 4.93. The summed E-state index contributed by atoms with van der Waals surface area (Å²) >= 11 is 5.64. The molecule has 1 rings (SSSR count). The zero-order valence-corrected chi connectivity index (χ0v) is 7.75. The van der Waals surface area contributed by atoms with Crippen LogP contribution in [0.5, 0.6) is 0 Å². The molecule has 0 aliphatic heterocycles. The standard InChI is InChI=1S/C8H12ClN3/c1-7(4-9)5-12-8-6-10-2-3-11-8/h2-3,6-7H,4-5H2,1H3,(H,11,12). The van der Waals surface area contributed by atoms with Crippen molar-refractivity contribution in [2.75, 3.05) is 17.7 Å². The van der Waals surface area contributed by atoms with Crippen LogP contribution in [-0.4, -0.2) is 22.4 Å². The highest BCUT2D eigenvalue weighted by atomic mass is 35.5. The largest absolute Gasteiger partial charge is 0.368 e. The molecule has 0 amide bonds. The Morgan fingerprint density at radius 2 is 2.42 bits per heavy atom. The van der Waals surface area contributed by atoms with Crippen LogP contribution in [0.1, 0.15) is 6.92 Å². The summed E-state index contributed by atoms with van der Waals surface area (Å²) in [5.74, 6) is 1.91. The monoisotopic (exact) mass is 185 g/mol. The normalized spacial score (nSPS) is 12.5. The lowest BCUT2D eigenvalue weighted by atomic mass is 10.2. The lowest BCUT2D eigenvalue weighted by molar-refractivity contribution is 0.694. The lowest BCUT2D eigenvalue weighted by Crippen LogP contribution is -2.13. The number of nitrogens with one attached hydrogen (secondary N) is 1. The fourth-order valence-electron chi connectivity index (χ4n) is 0.724. The van der Waals surface area contributed by atoms with Gasteiger partial charge in [0.15, 0.2) is 0 Å². The zero-order valence-electron chi connectivity index (χ0n) is 7.00. The van der Waals surface area contributed by atoms with Gasteiger partial charge in [-0.15, -0.1) is 11.6 Å². The number of nitrogens with zero attached hydrogens (tertiary/aromatic N) is 2. The SMILES string of the molecule is CC(CCl)CNc1cnccn1. The number of halogens is 1. The predicted octanol–water partition coefficient (Wildman–Crippen LogP) is 1.76. The van der Waals surface area contributed by atoms with Crippen LogP contribution < -0.4 is 5.32 Å². The van der Waals surface area contributed by atoms with Gasteiger partial charge in [0, 0.05) is 24.8 Å². The molecular formula is C8H12ClN3. The first-order valence-electron chi connectivity index (χ1n) is 3.88. The van der Waals surface area contributed by atoms with Crippen molar-refractivity contribution in [3.05, 3.63) is 18.6 Å². The summed E-state index contributed by atoms with van der Waals surface area (Å²) < 4.78 is 0. The van der Waals surface area contributed by atoms with E-state index in [0.717, 1.165) is 12.4 Å². The number of aromatic nitrogens is 2. The molecule has 0 aromatic carbocycles. The van der Waals surface area contributed by atoms with Crippen LogP contribution in [0.4, 0.5) is 5.82 Å². The topological polar surface area (TPSA) is 37.8 Å². The highest BCUT2D eigenvalue weighted by Crippen LogP contribution is 2.01. The lowest BCUT2D eigenvalue weighted by Gasteiger charge is -2.08. The molecule has 3 nitrogen and oxygen atoms in total. The van der Waals surface area contributed by atoms with Crippen molar-refractivity contribution in [2.24, 2.45) is 5.92 Å². The van der Waals surface area contributed by atoms with Crippen molar-refractivity contribution >= 4 is 17.4 Å². The van der Waals surface area contributed by atoms with Crippen molar-refractivity contribution in [3.8, 4) is 0 Å². The van der Waals surface area contributed by atoms with Crippen molar-refractivity contribution in [2.45, 2.75) is 6.92 Å². The molecule has 1 heterocycles. The first kappa shape index (κ1) is 9.26. The summed E-state index contributed by atoms with van der Waals surface area (Å²) in [5, 5.41) is 3.14. The maximum atomic E-state index is 5.64. The summed E-state index contributed by atoms with van der Waals surface area (Å²) in [4.78, 5) is 8.00. The van der Waals surface area contributed by atoms with Crippen molar-refractivity contribution < 1.29 is 0 Å². The molecule has 4 heteroatoms. The summed E-state index contributed by atoms with van der Waals surface area (Å²) in [5.41, 5.74) is 0. The summed E-state index contributed by atoms with van der Waals surface area (Å²) in [7, 11) is 0. The predicted molar refractivity (Wildman–Crippen MR) is 50.4 cm³/mol. The van der Waals surface area contributed by atoms with E-state index in [4.69, 9.17) is 11.6 Å². The van der Waals surface area contributed by atoms with E-state index < -0.39 is 0 Å². The van der Waals surface area contributed by atoms with Crippen molar-refractivity contribution in [3.63, 3.8) is 0 Å². The molecule has 0 saturated heterocycles. The minimum atomic E-state index is 0.452. The molecule has 0 spiro atoms. The van der Waals surface area contributed by atoms with Gasteiger partial charge in [-0.25, -0.2) is 4.98 Å². The van der Waals surface area contributed by atoms with Crippen molar-refractivity contribution in [1.82, 2.24) is 9.97 Å². The maximum absolute atomic E-state index is 5.64. The molecule has 0 aliphatic rings. The average molecular weight is 186 g/mol. The van der Waals surface area contributed by atoms with E-state index >= 15 is 0 Å². The Balaban J connectivity index is 2.33. The molecule has 0 bridgehead atoms. The van der Waals surface area contributed by atoms with Gasteiger partial charge in [0.1, 0.15) is 5.82 Å². The van der Waals surface area contributed by atoms with E-state index in [1.807, 2.05) is 0 Å². The summed E-state index contributed by atoms with van der Waals surface area (Å²) in [6.45, 7) is 2.92. The third kappa shape index (κ3) is 3.05. The third-order valence-electron chi connectivity index (χ3n) is 1.46. The highest BCUT2D eigenvalue weighted by Gasteiger charge is 1.99. The molecule has 1 N–H and O–H groups in total. The van der Waals surface area contributed by atoms with Gasteiger partial charge in [0.2, 0.25) is 0 Å². The van der Waals surface area contributed by atoms with Crippen LogP contribution in [-0.2, 0) is 0 Å². The highest BCUT2D eigenvalue weighted by molar-refractivity contribution is 6.18. The van der Waals surface area contributed by atoms with Gasteiger partial charge in [-0.05, 0) is 5.92 Å². The molecule has 66 valence electrons. The number of alkyl halides is 1. The van der Waals surface area contributed by atoms with Gasteiger partial charge in [-0.3, -0.25) is 4.98 Å². The first-order chi connectivity index (χ1) is 5.83. The Bertz CT molecular complexity index is 215. The van der Waals surface area contributed by atoms with E-state index in [0.29, 0.717) is 11.8 Å². The molecule has 1 unspecified atom stereocenters. The van der Waals surface area contributed by atoms with E-state index in [2.05, 4.69) is 22.2 Å². The van der Waals surface area contributed by atoms with Crippen LogP contribution >= 0.6 is 11.6 Å². The fourth-order valence-corrected chi connectivity index (χ4v) is 0.833. The maximum Gasteiger partial charge on any atom is 0.144 e. The van der Waals surface area contributed by atoms with Crippen LogP contribution in [0.25, 0.3) is 0 Å². The van der Waals surface area contributed by atoms with Crippen LogP contribution in [0.3, 0.4) is 0 Å². The van der Waals surface area contributed by atoms with Gasteiger partial charge < -0.3 is 5.32 Å². The van der Waals surface area contributed by atoms with Crippen LogP contribution in [0, 0.1) is 5.92 Å². The summed E-state index contributed by atoms with van der Waals surface area (Å²) in [6, 6.07) is 0. The van der Waals surface area contributed by atoms with Gasteiger partial charge in [-0.2, -0.15) is 0 Å². The smallest absolute Gasteiger partial charge is 0.144 e. The Morgan fingerprint density at radius 3 is 3.00 bits per heavy atom. The van der Waals surface area contributed by atoms with E-state index in [1.165, 1.54) is 0 Å². The molecule has 1 aromatic heterocycles. The van der Waals surface area contributed by atoms with Crippen LogP contribution in [0.2, 0.25) is 0 Å². The van der Waals surface area contributed by atoms with E-state index in [-0.39, 0.29) is 0 Å². The number of rotatable bonds is 4. The molecule has 0 radical (unpaired) electrons. The zero-order chi connectivity index (χ0) is 8.81. The number of hydrogen-bond acceptors (Lipinski definition) is 3. The summed E-state index contributed by atoms with van der Waals surface area (Å²) in [6.07, 6.45) is 5.00. The van der Waals surface area contributed by atoms with Gasteiger partial charge in [0.05, 0.1) is 6.20 Å². The molecule has 1 atom stereocenters. The number of anilines is 1. The van der Waals surface area contributed by atoms with Gasteiger partial charge >= 0.3 is 0 Å². The fraction of sp³-hybridized carbons (Fsp3) is 0.500. The second-order valence-corrected chi connectivity index (χ2v) is 3.04. The van der Waals surface area contributed by atoms with Gasteiger partial charge in [-0.1, -0.05) is 6.92 Å².